The molecule has 2 amide bonds. The van der Waals surface area contributed by atoms with Crippen molar-refractivity contribution in [1.82, 2.24) is 10.9 Å². The monoisotopic (exact) mass is 572 g/mol. The third kappa shape index (κ3) is 5.32. The fourth-order valence-corrected chi connectivity index (χ4v) is 5.44. The first-order valence-corrected chi connectivity index (χ1v) is 12.3. The lowest BCUT2D eigenvalue weighted by molar-refractivity contribution is -0.125. The third-order valence-electron chi connectivity index (χ3n) is 6.01. The summed E-state index contributed by atoms with van der Waals surface area (Å²) < 4.78 is -1.29. The zero-order chi connectivity index (χ0) is 25.5. The Bertz CT molecular complexity index is 1250. The van der Waals surface area contributed by atoms with Gasteiger partial charge in [0.25, 0.3) is 11.8 Å². The van der Waals surface area contributed by atoms with E-state index in [2.05, 4.69) is 16.2 Å². The van der Waals surface area contributed by atoms with Crippen LogP contribution < -0.4 is 16.2 Å². The number of amides is 2. The van der Waals surface area contributed by atoms with Gasteiger partial charge >= 0.3 is 0 Å². The summed E-state index contributed by atoms with van der Waals surface area (Å²) in [5.41, 5.74) is 4.59. The van der Waals surface area contributed by atoms with Crippen LogP contribution in [-0.2, 0) is 9.59 Å². The van der Waals surface area contributed by atoms with Gasteiger partial charge in [0.2, 0.25) is 0 Å². The summed E-state index contributed by atoms with van der Waals surface area (Å²) in [6.45, 7) is -0.110. The quantitative estimate of drug-likeness (QED) is 0.308. The molecular weight excluding hydrogens is 558 g/mol. The van der Waals surface area contributed by atoms with Crippen LogP contribution in [-0.4, -0.2) is 28.5 Å². The van der Waals surface area contributed by atoms with Crippen molar-refractivity contribution in [2.45, 2.75) is 23.1 Å². The molecule has 2 fully saturated rings. The largest absolute Gasteiger partial charge is 0.378 e. The van der Waals surface area contributed by atoms with Crippen molar-refractivity contribution >= 4 is 81.3 Å². The van der Waals surface area contributed by atoms with Gasteiger partial charge in [0.05, 0.1) is 29.1 Å². The van der Waals surface area contributed by atoms with Crippen molar-refractivity contribution in [3.63, 3.8) is 0 Å². The first-order valence-electron chi connectivity index (χ1n) is 10.4. The number of anilines is 1. The number of carbonyl (C=O) groups is 3. The number of ketones is 1. The second-order valence-corrected chi connectivity index (χ2v) is 11.2. The van der Waals surface area contributed by atoms with E-state index in [0.717, 1.165) is 0 Å². The Hall–Kier alpha value is -2.21. The minimum atomic E-state index is -1.29. The van der Waals surface area contributed by atoms with Crippen molar-refractivity contribution < 1.29 is 14.4 Å². The average molecular weight is 575 g/mol. The molecular formula is C23H17Cl5N4O3. The highest BCUT2D eigenvalue weighted by molar-refractivity contribution is 6.53. The minimum Gasteiger partial charge on any atom is -0.378 e. The number of benzene rings is 2. The van der Waals surface area contributed by atoms with Crippen molar-refractivity contribution in [2.75, 3.05) is 11.9 Å². The van der Waals surface area contributed by atoms with E-state index in [9.17, 15) is 14.4 Å². The second kappa shape index (κ2) is 9.68. The van der Waals surface area contributed by atoms with Crippen LogP contribution in [0.5, 0.6) is 0 Å². The number of hydrogen-bond donors (Lipinski definition) is 3. The molecule has 2 aliphatic carbocycles. The van der Waals surface area contributed by atoms with Crippen molar-refractivity contribution in [3.05, 3.63) is 62.6 Å². The molecule has 182 valence electrons. The molecule has 3 N–H and O–H groups in total. The van der Waals surface area contributed by atoms with E-state index in [4.69, 9.17) is 63.3 Å². The third-order valence-corrected chi connectivity index (χ3v) is 7.72. The average Bonchev–Trinajstić information content (AvgIpc) is 3.70. The Morgan fingerprint density at radius 2 is 1.66 bits per heavy atom. The molecule has 0 radical (unpaired) electrons. The number of Topliss-reactive ketones (excluding diaryl/α,β-unsaturated/α-hetero) is 1. The first-order chi connectivity index (χ1) is 16.5. The van der Waals surface area contributed by atoms with Crippen LogP contribution in [0.1, 0.15) is 34.7 Å². The molecule has 12 heteroatoms. The standard InChI is InChI=1S/C23H17Cl5N4O3/c24-12-5-11(6-13(25)7-12)18-19(23(18,27)28)17(33)9-30-14-1-2-16(26)15(8-14)20(34)31-32-21(35)22(10-29)3-4-22/h1-2,5-8,18-19,30H,3-4,9H2,(H,31,34)(H,32,35). The summed E-state index contributed by atoms with van der Waals surface area (Å²) in [6.07, 6.45) is 0.884. The maximum absolute atomic E-state index is 12.9. The molecule has 2 unspecified atom stereocenters. The summed E-state index contributed by atoms with van der Waals surface area (Å²) >= 11 is 31.0. The number of carbonyl (C=O) groups excluding carboxylic acids is 3. The number of alkyl halides is 2. The molecule has 2 aromatic carbocycles. The maximum Gasteiger partial charge on any atom is 0.271 e. The molecule has 0 spiro atoms. The topological polar surface area (TPSA) is 111 Å². The number of halogens is 5. The summed E-state index contributed by atoms with van der Waals surface area (Å²) in [6, 6.07) is 11.4. The molecule has 2 atom stereocenters. The lowest BCUT2D eigenvalue weighted by Crippen LogP contribution is -2.45. The Labute approximate surface area is 226 Å². The Kier molecular flexibility index (Phi) is 7.16. The van der Waals surface area contributed by atoms with Crippen LogP contribution in [0.3, 0.4) is 0 Å². The number of hydrazine groups is 1. The number of nitrogens with zero attached hydrogens (tertiary/aromatic N) is 1. The SMILES string of the molecule is N#CC1(C(=O)NNC(=O)c2cc(NCC(=O)C3C(c4cc(Cl)cc(Cl)c4)C3(Cl)Cl)ccc2Cl)CC1. The lowest BCUT2D eigenvalue weighted by atomic mass is 10.1. The predicted molar refractivity (Wildman–Crippen MR) is 135 cm³/mol. The lowest BCUT2D eigenvalue weighted by Gasteiger charge is -2.12. The summed E-state index contributed by atoms with van der Waals surface area (Å²) in [5, 5.41) is 13.0. The summed E-state index contributed by atoms with van der Waals surface area (Å²) in [7, 11) is 0. The Morgan fingerprint density at radius 3 is 2.26 bits per heavy atom. The fourth-order valence-electron chi connectivity index (χ4n) is 3.82. The van der Waals surface area contributed by atoms with E-state index in [1.807, 2.05) is 6.07 Å². The van der Waals surface area contributed by atoms with Crippen LogP contribution in [0.25, 0.3) is 0 Å². The van der Waals surface area contributed by atoms with Crippen molar-refractivity contribution in [1.29, 1.82) is 5.26 Å². The van der Waals surface area contributed by atoms with Crippen LogP contribution in [0.2, 0.25) is 15.1 Å². The van der Waals surface area contributed by atoms with Gasteiger partial charge < -0.3 is 5.32 Å². The fraction of sp³-hybridized carbons (Fsp3) is 0.304. The molecule has 0 heterocycles. The maximum atomic E-state index is 12.9. The second-order valence-electron chi connectivity index (χ2n) is 8.45. The molecule has 0 aromatic heterocycles. The Balaban J connectivity index is 1.38. The number of hydrogen-bond acceptors (Lipinski definition) is 5. The van der Waals surface area contributed by atoms with Crippen LogP contribution >= 0.6 is 58.0 Å². The summed E-state index contributed by atoms with van der Waals surface area (Å²) in [4.78, 5) is 37.4. The van der Waals surface area contributed by atoms with Crippen LogP contribution in [0.15, 0.2) is 36.4 Å². The van der Waals surface area contributed by atoms with Gasteiger partial charge in [0, 0.05) is 21.7 Å². The molecule has 2 aromatic rings. The van der Waals surface area contributed by atoms with Crippen molar-refractivity contribution in [2.24, 2.45) is 11.3 Å². The molecule has 2 saturated carbocycles. The molecule has 4 rings (SSSR count). The van der Waals surface area contributed by atoms with Gasteiger partial charge in [-0.15, -0.1) is 23.2 Å². The molecule has 0 aliphatic heterocycles. The molecule has 0 saturated heterocycles. The smallest absolute Gasteiger partial charge is 0.271 e. The Morgan fingerprint density at radius 1 is 1.00 bits per heavy atom. The van der Waals surface area contributed by atoms with E-state index in [0.29, 0.717) is 34.1 Å². The van der Waals surface area contributed by atoms with E-state index < -0.39 is 33.4 Å². The summed E-state index contributed by atoms with van der Waals surface area (Å²) in [5.74, 6) is -2.62. The first kappa shape index (κ1) is 25.9. The van der Waals surface area contributed by atoms with Gasteiger partial charge in [-0.3, -0.25) is 25.2 Å². The van der Waals surface area contributed by atoms with Gasteiger partial charge in [-0.05, 0) is 54.8 Å². The number of nitriles is 1. The van der Waals surface area contributed by atoms with Crippen LogP contribution in [0, 0.1) is 22.7 Å². The van der Waals surface area contributed by atoms with Crippen LogP contribution in [0.4, 0.5) is 5.69 Å². The van der Waals surface area contributed by atoms with E-state index in [-0.39, 0.29) is 22.9 Å². The van der Waals surface area contributed by atoms with Gasteiger partial charge in [-0.1, -0.05) is 34.8 Å². The highest BCUT2D eigenvalue weighted by atomic mass is 35.5. The highest BCUT2D eigenvalue weighted by Gasteiger charge is 2.67. The molecule has 0 bridgehead atoms. The number of nitrogens with one attached hydrogen (secondary N) is 3. The number of rotatable bonds is 7. The minimum absolute atomic E-state index is 0.0631. The van der Waals surface area contributed by atoms with Gasteiger partial charge in [-0.25, -0.2) is 0 Å². The highest BCUT2D eigenvalue weighted by Crippen LogP contribution is 2.65. The molecule has 7 nitrogen and oxygen atoms in total. The molecule has 2 aliphatic rings. The zero-order valence-electron chi connectivity index (χ0n) is 17.8. The zero-order valence-corrected chi connectivity index (χ0v) is 21.6. The van der Waals surface area contributed by atoms with E-state index in [1.165, 1.54) is 12.1 Å². The van der Waals surface area contributed by atoms with E-state index >= 15 is 0 Å². The van der Waals surface area contributed by atoms with E-state index in [1.54, 1.807) is 24.3 Å². The van der Waals surface area contributed by atoms with Gasteiger partial charge in [0.1, 0.15) is 9.75 Å². The normalized spacial score (nSPS) is 20.8. The van der Waals surface area contributed by atoms with Crippen molar-refractivity contribution in [3.8, 4) is 6.07 Å². The van der Waals surface area contributed by atoms with Gasteiger partial charge in [0.15, 0.2) is 5.78 Å². The predicted octanol–water partition coefficient (Wildman–Crippen LogP) is 5.28. The molecule has 35 heavy (non-hydrogen) atoms. The van der Waals surface area contributed by atoms with Gasteiger partial charge in [-0.2, -0.15) is 5.26 Å².